The molecule has 0 aliphatic carbocycles. The van der Waals surface area contributed by atoms with Crippen molar-refractivity contribution in [2.45, 2.75) is 0 Å². The Bertz CT molecular complexity index is 514. The summed E-state index contributed by atoms with van der Waals surface area (Å²) < 4.78 is 0. The van der Waals surface area contributed by atoms with Crippen LogP contribution in [0.1, 0.15) is 0 Å². The van der Waals surface area contributed by atoms with Gasteiger partial charge in [0, 0.05) is 16.5 Å². The lowest BCUT2D eigenvalue weighted by atomic mass is 10.1. The third kappa shape index (κ3) is 1.24. The molecule has 0 spiro atoms. The third-order valence-corrected chi connectivity index (χ3v) is 1.88. The van der Waals surface area contributed by atoms with Crippen LogP contribution in [-0.2, 0) is 4.79 Å². The number of nitrogens with two attached hydrogens (primary N) is 1. The summed E-state index contributed by atoms with van der Waals surface area (Å²) in [4.78, 5) is 15.0. The van der Waals surface area contributed by atoms with Crippen LogP contribution in [0.15, 0.2) is 35.3 Å². The second-order valence-electron chi connectivity index (χ2n) is 2.90. The van der Waals surface area contributed by atoms with Crippen LogP contribution < -0.4 is 16.3 Å². The molecule has 2 rings (SSSR count). The van der Waals surface area contributed by atoms with E-state index in [-0.39, 0.29) is 5.91 Å². The van der Waals surface area contributed by atoms with Crippen LogP contribution in [0.25, 0.3) is 6.08 Å². The largest absolute Gasteiger partial charge is 0.399 e. The van der Waals surface area contributed by atoms with Crippen LogP contribution in [0.4, 0.5) is 5.69 Å². The monoisotopic (exact) mass is 172 g/mol. The predicted molar refractivity (Wildman–Crippen MR) is 50.2 cm³/mol. The summed E-state index contributed by atoms with van der Waals surface area (Å²) in [7, 11) is 0. The Morgan fingerprint density at radius 2 is 2.15 bits per heavy atom. The number of rotatable bonds is 0. The van der Waals surface area contributed by atoms with Crippen molar-refractivity contribution in [2.24, 2.45) is 4.99 Å². The van der Waals surface area contributed by atoms with E-state index in [1.165, 1.54) is 0 Å². The van der Waals surface area contributed by atoms with Gasteiger partial charge in [-0.2, -0.15) is 0 Å². The lowest BCUT2D eigenvalue weighted by Gasteiger charge is -2.01. The summed E-state index contributed by atoms with van der Waals surface area (Å²) in [5, 5.41) is 1.51. The zero-order chi connectivity index (χ0) is 9.42. The second kappa shape index (κ2) is 2.55. The minimum Gasteiger partial charge on any atom is -0.399 e. The van der Waals surface area contributed by atoms with E-state index in [0.717, 1.165) is 5.22 Å². The highest BCUT2D eigenvalue weighted by Gasteiger charge is 2.06. The maximum Gasteiger partial charge on any atom is 0.276 e. The standard InChI is InChI=1S/C10H8N2O/c1-6-4-7-2-3-8(11)5-9(7)12-10(6)13/h2-5H,1,11H2. The number of hydrogen-bond donors (Lipinski definition) is 1. The number of anilines is 1. The Hall–Kier alpha value is -1.90. The Morgan fingerprint density at radius 1 is 1.38 bits per heavy atom. The molecule has 13 heavy (non-hydrogen) atoms. The number of amides is 1. The molecule has 1 aromatic carbocycles. The third-order valence-electron chi connectivity index (χ3n) is 1.88. The molecule has 0 unspecified atom stereocenters. The van der Waals surface area contributed by atoms with Gasteiger partial charge in [-0.25, -0.2) is 4.99 Å². The van der Waals surface area contributed by atoms with Crippen molar-refractivity contribution in [1.82, 2.24) is 0 Å². The zero-order valence-electron chi connectivity index (χ0n) is 6.95. The maximum absolute atomic E-state index is 11.1. The molecule has 0 saturated heterocycles. The predicted octanol–water partition coefficient (Wildman–Crippen LogP) is -0.235. The molecule has 2 N–H and O–H groups in total. The zero-order valence-corrected chi connectivity index (χ0v) is 6.95. The average Bonchev–Trinajstić information content (AvgIpc) is 2.08. The Labute approximate surface area is 74.9 Å². The van der Waals surface area contributed by atoms with Gasteiger partial charge in [0.25, 0.3) is 5.91 Å². The van der Waals surface area contributed by atoms with Gasteiger partial charge < -0.3 is 5.73 Å². The van der Waals surface area contributed by atoms with Gasteiger partial charge in [0.1, 0.15) is 0 Å². The van der Waals surface area contributed by atoms with Gasteiger partial charge in [-0.3, -0.25) is 4.79 Å². The van der Waals surface area contributed by atoms with Crippen LogP contribution >= 0.6 is 0 Å². The Morgan fingerprint density at radius 3 is 2.92 bits per heavy atom. The maximum atomic E-state index is 11.1. The Balaban J connectivity index is 2.85. The second-order valence-corrected chi connectivity index (χ2v) is 2.90. The summed E-state index contributed by atoms with van der Waals surface area (Å²) in [5.74, 6) is -0.293. The smallest absolute Gasteiger partial charge is 0.276 e. The first-order chi connectivity index (χ1) is 6.16. The first-order valence-corrected chi connectivity index (χ1v) is 3.86. The van der Waals surface area contributed by atoms with Crippen LogP contribution in [-0.4, -0.2) is 5.91 Å². The molecule has 0 fully saturated rings. The summed E-state index contributed by atoms with van der Waals surface area (Å²) in [6.45, 7) is 3.59. The van der Waals surface area contributed by atoms with Crippen LogP contribution in [0, 0.1) is 0 Å². The molecule has 3 heteroatoms. The molecule has 3 nitrogen and oxygen atoms in total. The molecule has 0 atom stereocenters. The number of nitrogens with zero attached hydrogens (tertiary/aromatic N) is 1. The van der Waals surface area contributed by atoms with Crippen molar-refractivity contribution >= 4 is 17.7 Å². The van der Waals surface area contributed by atoms with E-state index in [1.807, 2.05) is 6.07 Å². The van der Waals surface area contributed by atoms with Gasteiger partial charge in [-0.15, -0.1) is 0 Å². The fourth-order valence-electron chi connectivity index (χ4n) is 1.21. The summed E-state index contributed by atoms with van der Waals surface area (Å²) in [6, 6.07) is 5.27. The molecule has 0 aromatic heterocycles. The van der Waals surface area contributed by atoms with Crippen LogP contribution in [0.5, 0.6) is 0 Å². The molecule has 1 aromatic rings. The van der Waals surface area contributed by atoms with Crippen LogP contribution in [0.3, 0.4) is 0 Å². The molecule has 0 saturated carbocycles. The lowest BCUT2D eigenvalue weighted by molar-refractivity contribution is -0.114. The van der Waals surface area contributed by atoms with E-state index in [1.54, 1.807) is 18.2 Å². The average molecular weight is 172 g/mol. The summed E-state index contributed by atoms with van der Waals surface area (Å²) >= 11 is 0. The fraction of sp³-hybridized carbons (Fsp3) is 0. The van der Waals surface area contributed by atoms with Crippen molar-refractivity contribution in [3.05, 3.63) is 40.9 Å². The fourth-order valence-corrected chi connectivity index (χ4v) is 1.21. The highest BCUT2D eigenvalue weighted by molar-refractivity contribution is 6.02. The highest BCUT2D eigenvalue weighted by Crippen LogP contribution is 1.99. The number of carbonyl (C=O) groups excluding carboxylic acids is 1. The number of hydrogen-bond acceptors (Lipinski definition) is 2. The SMILES string of the molecule is C=C1C=c2ccc(N)cc2=NC1=O. The topological polar surface area (TPSA) is 55.4 Å². The molecule has 1 aliphatic heterocycles. The van der Waals surface area contributed by atoms with Crippen molar-refractivity contribution in [1.29, 1.82) is 0 Å². The number of nitrogen functional groups attached to an aromatic ring is 1. The molecule has 1 amide bonds. The first kappa shape index (κ1) is 7.73. The minimum absolute atomic E-state index is 0.293. The van der Waals surface area contributed by atoms with Gasteiger partial charge in [-0.05, 0) is 18.2 Å². The van der Waals surface area contributed by atoms with E-state index >= 15 is 0 Å². The number of carbonyl (C=O) groups is 1. The van der Waals surface area contributed by atoms with E-state index in [0.29, 0.717) is 16.6 Å². The van der Waals surface area contributed by atoms with Crippen molar-refractivity contribution in [3.8, 4) is 0 Å². The summed E-state index contributed by atoms with van der Waals surface area (Å²) in [5.41, 5.74) is 6.58. The highest BCUT2D eigenvalue weighted by atomic mass is 16.1. The van der Waals surface area contributed by atoms with Gasteiger partial charge in [0.05, 0.1) is 5.36 Å². The molecular weight excluding hydrogens is 164 g/mol. The Kier molecular flexibility index (Phi) is 1.52. The summed E-state index contributed by atoms with van der Waals surface area (Å²) in [6.07, 6.45) is 1.71. The molecular formula is C10H8N2O. The molecule has 1 aliphatic rings. The van der Waals surface area contributed by atoms with Crippen molar-refractivity contribution in [3.63, 3.8) is 0 Å². The van der Waals surface area contributed by atoms with Gasteiger partial charge in [0.15, 0.2) is 0 Å². The van der Waals surface area contributed by atoms with E-state index in [9.17, 15) is 4.79 Å². The molecule has 0 radical (unpaired) electrons. The first-order valence-electron chi connectivity index (χ1n) is 3.86. The van der Waals surface area contributed by atoms with Crippen molar-refractivity contribution < 1.29 is 4.79 Å². The number of benzene rings is 1. The van der Waals surface area contributed by atoms with E-state index in [2.05, 4.69) is 11.6 Å². The lowest BCUT2D eigenvalue weighted by Crippen LogP contribution is -2.30. The van der Waals surface area contributed by atoms with Crippen molar-refractivity contribution in [2.75, 3.05) is 5.73 Å². The van der Waals surface area contributed by atoms with Gasteiger partial charge >= 0.3 is 0 Å². The van der Waals surface area contributed by atoms with E-state index in [4.69, 9.17) is 5.73 Å². The van der Waals surface area contributed by atoms with E-state index < -0.39 is 0 Å². The number of fused-ring (bicyclic) bond motifs is 1. The van der Waals surface area contributed by atoms with Crippen LogP contribution in [0.2, 0.25) is 0 Å². The van der Waals surface area contributed by atoms with Gasteiger partial charge in [-0.1, -0.05) is 12.6 Å². The molecule has 1 heterocycles. The minimum atomic E-state index is -0.293. The quantitative estimate of drug-likeness (QED) is 0.434. The van der Waals surface area contributed by atoms with Gasteiger partial charge in [0.2, 0.25) is 0 Å². The molecule has 64 valence electrons. The molecule has 0 bridgehead atoms. The normalized spacial score (nSPS) is 14.5.